The minimum atomic E-state index is -0.833. The van der Waals surface area contributed by atoms with Crippen LogP contribution in [0.5, 0.6) is 0 Å². The molecule has 3 unspecified atom stereocenters. The Morgan fingerprint density at radius 1 is 0.818 bits per heavy atom. The van der Waals surface area contributed by atoms with Crippen molar-refractivity contribution in [3.05, 3.63) is 0 Å². The average molecular weight is 205 g/mol. The molecule has 0 radical (unpaired) electrons. The van der Waals surface area contributed by atoms with Gasteiger partial charge in [-0.1, -0.05) is 0 Å². The molecule has 70 valence electrons. The fourth-order valence-electron chi connectivity index (χ4n) is 0.937. The number of nitrogens with zero attached hydrogens (tertiary/aromatic N) is 1. The first kappa shape index (κ1) is 13.9. The maximum atomic E-state index is 8.96. The molecule has 3 N–H and O–H groups in total. The average Bonchev–Trinajstić information content (AvgIpc) is 1.59. The first-order valence-corrected chi connectivity index (χ1v) is 3.28. The molecule has 0 amide bonds. The molecule has 0 saturated carbocycles. The molecule has 0 aromatic carbocycles. The monoisotopic (exact) mass is 205 g/mol. The first-order chi connectivity index (χ1) is 4.46. The van der Waals surface area contributed by atoms with Crippen molar-refractivity contribution in [1.29, 1.82) is 0 Å². The summed E-state index contributed by atoms with van der Waals surface area (Å²) in [5.41, 5.74) is 0. The third-order valence-corrected chi connectivity index (χ3v) is 1.29. The van der Waals surface area contributed by atoms with Crippen LogP contribution in [0.2, 0.25) is 0 Å². The Labute approximate surface area is 77.3 Å². The standard InChI is InChI=1S/C6H15NO3.Fe/c1-4(8)7(5(2)9)6(3)10;/h4-6,8-10H,1-3H3;. The largest absolute Gasteiger partial charge is 0.379 e. The zero-order chi connectivity index (χ0) is 8.31. The molecule has 0 heterocycles. The fraction of sp³-hybridized carbons (Fsp3) is 1.00. The predicted octanol–water partition coefficient (Wildman–Crippen LogP) is -0.699. The van der Waals surface area contributed by atoms with Crippen LogP contribution in [0.3, 0.4) is 0 Å². The van der Waals surface area contributed by atoms with Gasteiger partial charge in [0.05, 0.1) is 0 Å². The second kappa shape index (κ2) is 5.94. The Balaban J connectivity index is 0. The Morgan fingerprint density at radius 2 is 1.00 bits per heavy atom. The minimum absolute atomic E-state index is 0. The van der Waals surface area contributed by atoms with Gasteiger partial charge in [0.2, 0.25) is 0 Å². The molecule has 0 spiro atoms. The van der Waals surface area contributed by atoms with Crippen molar-refractivity contribution < 1.29 is 32.4 Å². The summed E-state index contributed by atoms with van der Waals surface area (Å²) in [6.45, 7) is 4.46. The van der Waals surface area contributed by atoms with Crippen molar-refractivity contribution in [2.24, 2.45) is 0 Å². The molecular weight excluding hydrogens is 190 g/mol. The van der Waals surface area contributed by atoms with Gasteiger partial charge in [0.1, 0.15) is 18.7 Å². The van der Waals surface area contributed by atoms with Crippen molar-refractivity contribution >= 4 is 0 Å². The molecule has 0 aliphatic carbocycles. The summed E-state index contributed by atoms with van der Waals surface area (Å²) in [6.07, 6.45) is -2.50. The topological polar surface area (TPSA) is 63.9 Å². The van der Waals surface area contributed by atoms with E-state index in [9.17, 15) is 0 Å². The number of hydrogen-bond donors (Lipinski definition) is 3. The van der Waals surface area contributed by atoms with Gasteiger partial charge in [-0.3, -0.25) is 0 Å². The van der Waals surface area contributed by atoms with E-state index in [4.69, 9.17) is 15.3 Å². The van der Waals surface area contributed by atoms with E-state index >= 15 is 0 Å². The van der Waals surface area contributed by atoms with E-state index in [1.807, 2.05) is 0 Å². The molecule has 5 heteroatoms. The van der Waals surface area contributed by atoms with Gasteiger partial charge in [-0.25, -0.2) is 4.90 Å². The van der Waals surface area contributed by atoms with E-state index in [0.29, 0.717) is 0 Å². The molecule has 11 heavy (non-hydrogen) atoms. The van der Waals surface area contributed by atoms with Crippen LogP contribution in [0.4, 0.5) is 0 Å². The second-order valence-corrected chi connectivity index (χ2v) is 2.34. The van der Waals surface area contributed by atoms with Crippen LogP contribution in [-0.4, -0.2) is 38.9 Å². The third kappa shape index (κ3) is 4.74. The predicted molar refractivity (Wildman–Crippen MR) is 36.9 cm³/mol. The first-order valence-electron chi connectivity index (χ1n) is 3.28. The quantitative estimate of drug-likeness (QED) is 0.421. The van der Waals surface area contributed by atoms with Gasteiger partial charge in [0.25, 0.3) is 0 Å². The molecule has 0 rings (SSSR count). The second-order valence-electron chi connectivity index (χ2n) is 2.34. The van der Waals surface area contributed by atoms with Crippen LogP contribution in [0, 0.1) is 0 Å². The van der Waals surface area contributed by atoms with Crippen LogP contribution in [-0.2, 0) is 17.1 Å². The molecule has 0 saturated heterocycles. The third-order valence-electron chi connectivity index (χ3n) is 1.29. The van der Waals surface area contributed by atoms with Crippen molar-refractivity contribution in [2.75, 3.05) is 0 Å². The van der Waals surface area contributed by atoms with Crippen molar-refractivity contribution in [1.82, 2.24) is 4.90 Å². The van der Waals surface area contributed by atoms with Gasteiger partial charge in [-0.05, 0) is 20.8 Å². The van der Waals surface area contributed by atoms with Crippen LogP contribution >= 0.6 is 0 Å². The maximum Gasteiger partial charge on any atom is 0.108 e. The molecule has 0 aromatic rings. The molecule has 0 fully saturated rings. The summed E-state index contributed by atoms with van der Waals surface area (Å²) in [6, 6.07) is 0. The van der Waals surface area contributed by atoms with Gasteiger partial charge < -0.3 is 15.3 Å². The van der Waals surface area contributed by atoms with Crippen LogP contribution in [0.15, 0.2) is 0 Å². The maximum absolute atomic E-state index is 8.96. The minimum Gasteiger partial charge on any atom is -0.379 e. The summed E-state index contributed by atoms with van der Waals surface area (Å²) in [7, 11) is 0. The van der Waals surface area contributed by atoms with E-state index < -0.39 is 18.7 Å². The van der Waals surface area contributed by atoms with Crippen molar-refractivity contribution in [3.63, 3.8) is 0 Å². The van der Waals surface area contributed by atoms with E-state index in [2.05, 4.69) is 0 Å². The van der Waals surface area contributed by atoms with Gasteiger partial charge >= 0.3 is 0 Å². The number of rotatable bonds is 3. The van der Waals surface area contributed by atoms with E-state index in [1.165, 1.54) is 25.7 Å². The van der Waals surface area contributed by atoms with Gasteiger partial charge in [-0.15, -0.1) is 0 Å². The molecule has 0 aliphatic heterocycles. The molecule has 0 bridgehead atoms. The molecule has 4 nitrogen and oxygen atoms in total. The summed E-state index contributed by atoms with van der Waals surface area (Å²) in [5, 5.41) is 26.9. The Kier molecular flexibility index (Phi) is 7.52. The van der Waals surface area contributed by atoms with Crippen molar-refractivity contribution in [2.45, 2.75) is 39.5 Å². The van der Waals surface area contributed by atoms with E-state index in [1.54, 1.807) is 0 Å². The Morgan fingerprint density at radius 3 is 1.00 bits per heavy atom. The SMILES string of the molecule is CC(O)N(C(C)O)C(C)O.[Fe]. The van der Waals surface area contributed by atoms with Gasteiger partial charge in [-0.2, -0.15) is 0 Å². The number of hydrogen-bond acceptors (Lipinski definition) is 4. The van der Waals surface area contributed by atoms with Crippen LogP contribution < -0.4 is 0 Å². The smallest absolute Gasteiger partial charge is 0.108 e. The number of aliphatic hydroxyl groups is 3. The summed E-state index contributed by atoms with van der Waals surface area (Å²) < 4.78 is 0. The van der Waals surface area contributed by atoms with Gasteiger partial charge in [0.15, 0.2) is 0 Å². The molecule has 0 aromatic heterocycles. The van der Waals surface area contributed by atoms with E-state index in [0.717, 1.165) is 0 Å². The zero-order valence-corrected chi connectivity index (χ0v) is 7.98. The zero-order valence-electron chi connectivity index (χ0n) is 6.87. The molecular formula is C6H15FeNO3. The van der Waals surface area contributed by atoms with Crippen LogP contribution in [0.1, 0.15) is 20.8 Å². The molecule has 0 aliphatic rings. The Bertz CT molecular complexity index is 78.8. The van der Waals surface area contributed by atoms with Gasteiger partial charge in [0, 0.05) is 17.1 Å². The summed E-state index contributed by atoms with van der Waals surface area (Å²) >= 11 is 0. The van der Waals surface area contributed by atoms with Crippen molar-refractivity contribution in [3.8, 4) is 0 Å². The fourth-order valence-corrected chi connectivity index (χ4v) is 0.937. The van der Waals surface area contributed by atoms with E-state index in [-0.39, 0.29) is 17.1 Å². The summed E-state index contributed by atoms with van der Waals surface area (Å²) in [4.78, 5) is 1.17. The number of aliphatic hydroxyl groups excluding tert-OH is 3. The normalized spacial score (nSPS) is 18.8. The Hall–Kier alpha value is 0.359. The summed E-state index contributed by atoms with van der Waals surface area (Å²) in [5.74, 6) is 0. The van der Waals surface area contributed by atoms with Crippen LogP contribution in [0.25, 0.3) is 0 Å². The molecule has 3 atom stereocenters.